The average Bonchev–Trinajstić information content (AvgIpc) is 1.79. The van der Waals surface area contributed by atoms with Crippen LogP contribution in [0.3, 0.4) is 0 Å². The van der Waals surface area contributed by atoms with E-state index >= 15 is 0 Å². The molecule has 1 atom stereocenters. The summed E-state index contributed by atoms with van der Waals surface area (Å²) >= 11 is 0. The molecule has 1 fully saturated rings. The Bertz CT molecular complexity index is 242. The van der Waals surface area contributed by atoms with Crippen molar-refractivity contribution in [3.63, 3.8) is 0 Å². The molecule has 1 amide bonds. The number of carbonyl (C=O) groups excluding carboxylic acids is 1. The van der Waals surface area contributed by atoms with Crippen LogP contribution in [0.4, 0.5) is 0 Å². The highest BCUT2D eigenvalue weighted by atomic mass is 32.2. The molecule has 1 aliphatic rings. The van der Waals surface area contributed by atoms with Gasteiger partial charge in [0.05, 0.1) is 5.75 Å². The van der Waals surface area contributed by atoms with Crippen molar-refractivity contribution < 1.29 is 9.00 Å². The van der Waals surface area contributed by atoms with Crippen molar-refractivity contribution in [3.8, 4) is 0 Å². The average molecular weight is 161 g/mol. The summed E-state index contributed by atoms with van der Waals surface area (Å²) in [6.07, 6.45) is 0. The smallest absolute Gasteiger partial charge is 0.234 e. The summed E-state index contributed by atoms with van der Waals surface area (Å²) in [6.45, 7) is 0.584. The van der Waals surface area contributed by atoms with Gasteiger partial charge in [-0.15, -0.1) is 0 Å². The Morgan fingerprint density at radius 2 is 2.30 bits per heavy atom. The minimum absolute atomic E-state index is 0.0498. The van der Waals surface area contributed by atoms with E-state index in [1.165, 1.54) is 0 Å². The third-order valence-electron chi connectivity index (χ3n) is 1.61. The highest BCUT2D eigenvalue weighted by molar-refractivity contribution is 8.01. The van der Waals surface area contributed by atoms with Gasteiger partial charge in [-0.2, -0.15) is 0 Å². The molecule has 1 heterocycles. The summed E-state index contributed by atoms with van der Waals surface area (Å²) < 4.78 is 11.2. The predicted octanol–water partition coefficient (Wildman–Crippen LogP) is -0.825. The zero-order chi connectivity index (χ0) is 7.78. The van der Waals surface area contributed by atoms with Crippen molar-refractivity contribution in [3.05, 3.63) is 0 Å². The summed E-state index contributed by atoms with van der Waals surface area (Å²) in [4.78, 5) is 12.5. The second-order valence-corrected chi connectivity index (χ2v) is 5.26. The fraction of sp³-hybridized carbons (Fsp3) is 0.667. The Morgan fingerprint density at radius 3 is 2.70 bits per heavy atom. The maximum absolute atomic E-state index is 11.2. The number of hydrogen-bond donors (Lipinski definition) is 0. The van der Waals surface area contributed by atoms with Crippen molar-refractivity contribution in [1.29, 1.82) is 0 Å². The zero-order valence-electron chi connectivity index (χ0n) is 6.00. The SMILES string of the molecule is C=S1(=O)CCN(C)C(=O)C1. The first kappa shape index (κ1) is 7.60. The van der Waals surface area contributed by atoms with Crippen LogP contribution in [0.25, 0.3) is 0 Å². The van der Waals surface area contributed by atoms with E-state index in [1.54, 1.807) is 11.9 Å². The third-order valence-corrected chi connectivity index (χ3v) is 3.31. The van der Waals surface area contributed by atoms with Gasteiger partial charge < -0.3 is 4.90 Å². The Balaban J connectivity index is 2.76. The molecule has 1 aliphatic heterocycles. The van der Waals surface area contributed by atoms with Crippen LogP contribution in [0.2, 0.25) is 0 Å². The zero-order valence-corrected chi connectivity index (χ0v) is 6.82. The number of carbonyl (C=O) groups is 1. The van der Waals surface area contributed by atoms with Gasteiger partial charge in [0.1, 0.15) is 0 Å². The van der Waals surface area contributed by atoms with Crippen molar-refractivity contribution in [2.45, 2.75) is 0 Å². The summed E-state index contributed by atoms with van der Waals surface area (Å²) in [5.41, 5.74) is 0. The monoisotopic (exact) mass is 161 g/mol. The molecule has 1 rings (SSSR count). The number of amides is 1. The molecule has 3 nitrogen and oxygen atoms in total. The van der Waals surface area contributed by atoms with Crippen LogP contribution < -0.4 is 0 Å². The number of rotatable bonds is 0. The second kappa shape index (κ2) is 2.27. The number of nitrogens with zero attached hydrogens (tertiary/aromatic N) is 1. The van der Waals surface area contributed by atoms with Gasteiger partial charge in [0.2, 0.25) is 5.91 Å². The Labute approximate surface area is 61.0 Å². The van der Waals surface area contributed by atoms with E-state index < -0.39 is 9.52 Å². The van der Waals surface area contributed by atoms with E-state index in [9.17, 15) is 9.00 Å². The second-order valence-electron chi connectivity index (χ2n) is 2.63. The molecule has 1 saturated heterocycles. The van der Waals surface area contributed by atoms with Crippen molar-refractivity contribution in [2.24, 2.45) is 0 Å². The lowest BCUT2D eigenvalue weighted by molar-refractivity contribution is -0.127. The van der Waals surface area contributed by atoms with Crippen LogP contribution in [-0.4, -0.2) is 46.0 Å². The Morgan fingerprint density at radius 1 is 1.70 bits per heavy atom. The molecule has 1 unspecified atom stereocenters. The normalized spacial score (nSPS) is 34.5. The van der Waals surface area contributed by atoms with Gasteiger partial charge in [-0.3, -0.25) is 9.00 Å². The fourth-order valence-electron chi connectivity index (χ4n) is 0.835. The molecule has 10 heavy (non-hydrogen) atoms. The van der Waals surface area contributed by atoms with Crippen molar-refractivity contribution in [2.75, 3.05) is 25.1 Å². The van der Waals surface area contributed by atoms with Gasteiger partial charge in [-0.05, 0) is 15.4 Å². The standard InChI is InChI=1S/C6H11NO2S/c1-7-3-4-10(2,9)5-6(7)8/h2-5H2,1H3. The van der Waals surface area contributed by atoms with Crippen molar-refractivity contribution >= 4 is 21.3 Å². The number of hydrogen-bond acceptors (Lipinski definition) is 2. The molecule has 0 N–H and O–H groups in total. The maximum Gasteiger partial charge on any atom is 0.234 e. The predicted molar refractivity (Wildman–Crippen MR) is 42.6 cm³/mol. The molecule has 0 aromatic rings. The van der Waals surface area contributed by atoms with E-state index in [4.69, 9.17) is 0 Å². The van der Waals surface area contributed by atoms with E-state index in [1.807, 2.05) is 0 Å². The minimum Gasteiger partial charge on any atom is -0.344 e. The van der Waals surface area contributed by atoms with Crippen molar-refractivity contribution in [1.82, 2.24) is 4.90 Å². The minimum atomic E-state index is -2.06. The molecular formula is C6H11NO2S. The van der Waals surface area contributed by atoms with Gasteiger partial charge >= 0.3 is 0 Å². The molecule has 58 valence electrons. The lowest BCUT2D eigenvalue weighted by Gasteiger charge is -2.24. The summed E-state index contributed by atoms with van der Waals surface area (Å²) in [6, 6.07) is 0. The molecule has 0 aliphatic carbocycles. The van der Waals surface area contributed by atoms with Crippen LogP contribution in [0.15, 0.2) is 0 Å². The first-order chi connectivity index (χ1) is 4.51. The van der Waals surface area contributed by atoms with Gasteiger partial charge in [0, 0.05) is 19.3 Å². The first-order valence-corrected chi connectivity index (χ1v) is 5.14. The largest absolute Gasteiger partial charge is 0.344 e. The molecule has 0 bridgehead atoms. The molecular weight excluding hydrogens is 150 g/mol. The Hall–Kier alpha value is -0.510. The molecule has 0 aromatic carbocycles. The topological polar surface area (TPSA) is 37.4 Å². The van der Waals surface area contributed by atoms with Gasteiger partial charge in [0.25, 0.3) is 0 Å². The summed E-state index contributed by atoms with van der Waals surface area (Å²) in [5.74, 6) is 4.12. The summed E-state index contributed by atoms with van der Waals surface area (Å²) in [7, 11) is -0.337. The molecule has 0 radical (unpaired) electrons. The van der Waals surface area contributed by atoms with Gasteiger partial charge in [-0.1, -0.05) is 0 Å². The lowest BCUT2D eigenvalue weighted by atomic mass is 10.5. The summed E-state index contributed by atoms with van der Waals surface area (Å²) in [5, 5.41) is 0. The van der Waals surface area contributed by atoms with E-state index in [-0.39, 0.29) is 11.7 Å². The van der Waals surface area contributed by atoms with E-state index in [0.29, 0.717) is 12.3 Å². The molecule has 4 heteroatoms. The fourth-order valence-corrected chi connectivity index (χ4v) is 2.26. The maximum atomic E-state index is 11.2. The molecule has 0 aromatic heterocycles. The quantitative estimate of drug-likeness (QED) is 0.435. The molecule has 0 saturated carbocycles. The Kier molecular flexibility index (Phi) is 1.72. The van der Waals surface area contributed by atoms with Gasteiger partial charge in [-0.25, -0.2) is 0 Å². The third kappa shape index (κ3) is 1.50. The van der Waals surface area contributed by atoms with E-state index in [0.717, 1.165) is 0 Å². The van der Waals surface area contributed by atoms with Crippen LogP contribution in [-0.2, 0) is 14.3 Å². The van der Waals surface area contributed by atoms with Gasteiger partial charge in [0.15, 0.2) is 0 Å². The van der Waals surface area contributed by atoms with E-state index in [2.05, 4.69) is 5.87 Å². The van der Waals surface area contributed by atoms with Crippen LogP contribution in [0.5, 0.6) is 0 Å². The van der Waals surface area contributed by atoms with Crippen LogP contribution in [0, 0.1) is 0 Å². The lowest BCUT2D eigenvalue weighted by Crippen LogP contribution is -2.42. The van der Waals surface area contributed by atoms with Crippen LogP contribution in [0.1, 0.15) is 0 Å². The molecule has 0 spiro atoms. The highest BCUT2D eigenvalue weighted by Gasteiger charge is 2.21. The van der Waals surface area contributed by atoms with Crippen LogP contribution >= 0.6 is 0 Å². The first-order valence-electron chi connectivity index (χ1n) is 3.08. The highest BCUT2D eigenvalue weighted by Crippen LogP contribution is 2.01.